The lowest BCUT2D eigenvalue weighted by atomic mass is 9.85. The van der Waals surface area contributed by atoms with Crippen LogP contribution in [0.4, 0.5) is 0 Å². The number of phenols is 1. The summed E-state index contributed by atoms with van der Waals surface area (Å²) in [4.78, 5) is 42.5. The minimum absolute atomic E-state index is 0.0343. The number of aromatic nitrogens is 1. The number of hydrogen-bond donors (Lipinski definition) is 2. The van der Waals surface area contributed by atoms with E-state index >= 15 is 0 Å². The molecular weight excluding hydrogens is 502 g/mol. The number of methoxy groups -OCH3 is 2. The van der Waals surface area contributed by atoms with E-state index in [2.05, 4.69) is 4.98 Å². The van der Waals surface area contributed by atoms with Gasteiger partial charge in [0.15, 0.2) is 11.5 Å². The Kier molecular flexibility index (Phi) is 5.64. The number of carbonyl (C=O) groups excluding carboxylic acids is 1. The summed E-state index contributed by atoms with van der Waals surface area (Å²) in [6.45, 7) is 1.89. The van der Waals surface area contributed by atoms with E-state index in [4.69, 9.17) is 18.6 Å². The van der Waals surface area contributed by atoms with Crippen LogP contribution < -0.4 is 25.2 Å². The highest BCUT2D eigenvalue weighted by molar-refractivity contribution is 5.94. The molecule has 39 heavy (non-hydrogen) atoms. The molecule has 0 spiro atoms. The summed E-state index contributed by atoms with van der Waals surface area (Å²) < 4.78 is 22.0. The number of aryl methyl sites for hydroxylation is 1. The molecule has 3 aromatic carbocycles. The Morgan fingerprint density at radius 2 is 1.79 bits per heavy atom. The van der Waals surface area contributed by atoms with Crippen LogP contribution in [0.2, 0.25) is 0 Å². The largest absolute Gasteiger partial charge is 0.507 e. The van der Waals surface area contributed by atoms with Crippen molar-refractivity contribution in [1.82, 2.24) is 4.98 Å². The van der Waals surface area contributed by atoms with Gasteiger partial charge in [0.2, 0.25) is 5.43 Å². The van der Waals surface area contributed by atoms with Crippen LogP contribution in [-0.2, 0) is 4.79 Å². The first-order chi connectivity index (χ1) is 18.8. The second-order valence-electron chi connectivity index (χ2n) is 9.38. The number of H-pyrrole nitrogens is 1. The van der Waals surface area contributed by atoms with Crippen molar-refractivity contribution in [1.29, 1.82) is 0 Å². The van der Waals surface area contributed by atoms with Crippen molar-refractivity contribution in [3.63, 3.8) is 0 Å². The quantitative estimate of drug-likeness (QED) is 0.254. The Morgan fingerprint density at radius 3 is 2.56 bits per heavy atom. The zero-order valence-electron chi connectivity index (χ0n) is 21.3. The fourth-order valence-corrected chi connectivity index (χ4v) is 5.26. The van der Waals surface area contributed by atoms with Crippen LogP contribution in [0.25, 0.3) is 33.0 Å². The number of hydrogen-bond acceptors (Lipinski definition) is 8. The summed E-state index contributed by atoms with van der Waals surface area (Å²) in [5, 5.41) is 11.6. The van der Waals surface area contributed by atoms with Gasteiger partial charge >= 0.3 is 5.97 Å². The van der Waals surface area contributed by atoms with E-state index in [1.54, 1.807) is 24.3 Å². The van der Waals surface area contributed by atoms with Crippen molar-refractivity contribution < 1.29 is 28.5 Å². The summed E-state index contributed by atoms with van der Waals surface area (Å²) >= 11 is 0. The SMILES string of the molecule is COc1ccc(-c2coc3c4c(cc(O)c3c2=O)OC(=O)CC4c2cc3cccc(C)c3[nH]c2=O)cc1OC. The van der Waals surface area contributed by atoms with E-state index in [0.717, 1.165) is 10.9 Å². The average Bonchev–Trinajstić information content (AvgIpc) is 2.92. The van der Waals surface area contributed by atoms with E-state index in [-0.39, 0.29) is 34.3 Å². The number of esters is 1. The molecular formula is C30H23NO8. The van der Waals surface area contributed by atoms with Gasteiger partial charge in [0, 0.05) is 23.1 Å². The van der Waals surface area contributed by atoms with Gasteiger partial charge in [0.25, 0.3) is 5.56 Å². The highest BCUT2D eigenvalue weighted by Crippen LogP contribution is 2.45. The van der Waals surface area contributed by atoms with Gasteiger partial charge in [-0.25, -0.2) is 0 Å². The van der Waals surface area contributed by atoms with E-state index in [9.17, 15) is 19.5 Å². The zero-order valence-corrected chi connectivity index (χ0v) is 21.3. The maximum Gasteiger partial charge on any atom is 0.312 e. The third-order valence-corrected chi connectivity index (χ3v) is 7.16. The van der Waals surface area contributed by atoms with Gasteiger partial charge < -0.3 is 28.7 Å². The molecule has 9 nitrogen and oxygen atoms in total. The Labute approximate surface area is 221 Å². The topological polar surface area (TPSA) is 128 Å². The molecule has 1 aliphatic rings. The van der Waals surface area contributed by atoms with Crippen molar-refractivity contribution in [3.8, 4) is 34.1 Å². The third-order valence-electron chi connectivity index (χ3n) is 7.16. The van der Waals surface area contributed by atoms with Crippen LogP contribution in [-0.4, -0.2) is 30.3 Å². The standard InChI is InChI=1S/C30H23NO8/c1-14-5-4-6-16-9-18(30(35)31-27(14)16)17-11-24(33)39-23-12-20(32)26-28(34)19(13-38-29(26)25(17)23)15-7-8-21(36-2)22(10-15)37-3/h4-10,12-13,17,32H,11H2,1-3H3,(H,31,35). The molecule has 1 atom stereocenters. The van der Waals surface area contributed by atoms with Crippen molar-refractivity contribution in [2.75, 3.05) is 14.2 Å². The molecule has 3 heterocycles. The second-order valence-corrected chi connectivity index (χ2v) is 9.38. The van der Waals surface area contributed by atoms with Crippen LogP contribution in [0.1, 0.15) is 29.0 Å². The Hall–Kier alpha value is -5.05. The first kappa shape index (κ1) is 24.3. The second kappa shape index (κ2) is 9.05. The fourth-order valence-electron chi connectivity index (χ4n) is 5.26. The highest BCUT2D eigenvalue weighted by atomic mass is 16.5. The van der Waals surface area contributed by atoms with E-state index in [1.807, 2.05) is 25.1 Å². The van der Waals surface area contributed by atoms with E-state index in [1.165, 1.54) is 26.5 Å². The normalized spacial score (nSPS) is 14.7. The predicted octanol–water partition coefficient (Wildman–Crippen LogP) is 4.77. The number of para-hydroxylation sites is 1. The fraction of sp³-hybridized carbons (Fsp3) is 0.167. The molecule has 2 N–H and O–H groups in total. The van der Waals surface area contributed by atoms with Gasteiger partial charge in [-0.15, -0.1) is 0 Å². The van der Waals surface area contributed by atoms with Gasteiger partial charge in [-0.2, -0.15) is 0 Å². The van der Waals surface area contributed by atoms with Crippen molar-refractivity contribution in [3.05, 3.63) is 92.1 Å². The monoisotopic (exact) mass is 525 g/mol. The number of aromatic amines is 1. The molecule has 1 aliphatic heterocycles. The van der Waals surface area contributed by atoms with E-state index < -0.39 is 23.1 Å². The molecule has 0 fully saturated rings. The van der Waals surface area contributed by atoms with Crippen molar-refractivity contribution in [2.24, 2.45) is 0 Å². The molecule has 0 amide bonds. The summed E-state index contributed by atoms with van der Waals surface area (Å²) in [6.07, 6.45) is 1.14. The Morgan fingerprint density at radius 1 is 1.00 bits per heavy atom. The minimum atomic E-state index is -0.770. The minimum Gasteiger partial charge on any atom is -0.507 e. The molecule has 9 heteroatoms. The molecule has 0 bridgehead atoms. The lowest BCUT2D eigenvalue weighted by Crippen LogP contribution is -2.26. The van der Waals surface area contributed by atoms with Crippen molar-refractivity contribution in [2.45, 2.75) is 19.3 Å². The predicted molar refractivity (Wildman–Crippen MR) is 144 cm³/mol. The van der Waals surface area contributed by atoms with E-state index in [0.29, 0.717) is 33.7 Å². The van der Waals surface area contributed by atoms with Gasteiger partial charge in [0.1, 0.15) is 28.7 Å². The summed E-state index contributed by atoms with van der Waals surface area (Å²) in [5.41, 5.74) is 2.12. The summed E-state index contributed by atoms with van der Waals surface area (Å²) in [6, 6.07) is 13.6. The van der Waals surface area contributed by atoms with Gasteiger partial charge in [-0.05, 0) is 41.6 Å². The van der Waals surface area contributed by atoms with Gasteiger partial charge in [-0.1, -0.05) is 24.3 Å². The van der Waals surface area contributed by atoms with Gasteiger partial charge in [-0.3, -0.25) is 14.4 Å². The Balaban J connectivity index is 1.59. The van der Waals surface area contributed by atoms with Crippen LogP contribution in [0.15, 0.2) is 68.8 Å². The molecule has 1 unspecified atom stereocenters. The Bertz CT molecular complexity index is 1930. The first-order valence-corrected chi connectivity index (χ1v) is 12.2. The van der Waals surface area contributed by atoms with Crippen molar-refractivity contribution >= 4 is 27.8 Å². The number of fused-ring (bicyclic) bond motifs is 4. The molecule has 2 aromatic heterocycles. The maximum absolute atomic E-state index is 13.7. The number of pyridine rings is 1. The summed E-state index contributed by atoms with van der Waals surface area (Å²) in [7, 11) is 2.99. The number of carbonyl (C=O) groups is 1. The van der Waals surface area contributed by atoms with Crippen LogP contribution >= 0.6 is 0 Å². The molecule has 0 saturated carbocycles. The van der Waals surface area contributed by atoms with Crippen LogP contribution in [0.3, 0.4) is 0 Å². The first-order valence-electron chi connectivity index (χ1n) is 12.2. The maximum atomic E-state index is 13.7. The lowest BCUT2D eigenvalue weighted by Gasteiger charge is -2.25. The molecule has 6 rings (SSSR count). The number of rotatable bonds is 4. The van der Waals surface area contributed by atoms with Crippen LogP contribution in [0.5, 0.6) is 23.0 Å². The summed E-state index contributed by atoms with van der Waals surface area (Å²) in [5.74, 6) is -0.804. The van der Waals surface area contributed by atoms with Crippen LogP contribution in [0, 0.1) is 6.92 Å². The number of nitrogens with one attached hydrogen (secondary N) is 1. The average molecular weight is 526 g/mol. The van der Waals surface area contributed by atoms with Gasteiger partial charge in [0.05, 0.1) is 31.7 Å². The smallest absolute Gasteiger partial charge is 0.312 e. The number of phenolic OH excluding ortho intramolecular Hbond substituents is 1. The number of benzene rings is 3. The number of ether oxygens (including phenoxy) is 3. The zero-order chi connectivity index (χ0) is 27.4. The molecule has 5 aromatic rings. The highest BCUT2D eigenvalue weighted by Gasteiger charge is 2.35. The molecule has 0 radical (unpaired) electrons. The molecule has 0 saturated heterocycles. The third kappa shape index (κ3) is 3.82. The number of aromatic hydroxyl groups is 1. The molecule has 196 valence electrons. The molecule has 0 aliphatic carbocycles. The lowest BCUT2D eigenvalue weighted by molar-refractivity contribution is -0.135.